The van der Waals surface area contributed by atoms with Gasteiger partial charge in [-0.15, -0.1) is 0 Å². The van der Waals surface area contributed by atoms with Gasteiger partial charge < -0.3 is 35.4 Å². The van der Waals surface area contributed by atoms with Crippen molar-refractivity contribution in [3.8, 4) is 0 Å². The fourth-order valence-electron chi connectivity index (χ4n) is 1.22. The summed E-state index contributed by atoms with van der Waals surface area (Å²) in [6.45, 7) is 0. The van der Waals surface area contributed by atoms with E-state index in [1.807, 2.05) is 0 Å². The molecule has 0 aromatic heterocycles. The van der Waals surface area contributed by atoms with Gasteiger partial charge >= 0.3 is 0 Å². The largest absolute Gasteiger partial charge is 0.387 e. The van der Waals surface area contributed by atoms with Crippen molar-refractivity contribution in [2.24, 2.45) is 0 Å². The first-order chi connectivity index (χ1) is 5.95. The first kappa shape index (κ1) is 10.8. The first-order valence-electron chi connectivity index (χ1n) is 3.69. The molecule has 6 N–H and O–H groups in total. The Morgan fingerprint density at radius 1 is 0.769 bits per heavy atom. The van der Waals surface area contributed by atoms with E-state index in [0.29, 0.717) is 0 Å². The van der Waals surface area contributed by atoms with E-state index in [1.54, 1.807) is 0 Å². The Hall–Kier alpha value is -0.280. The van der Waals surface area contributed by atoms with Crippen molar-refractivity contribution < 1.29 is 35.4 Å². The van der Waals surface area contributed by atoms with Gasteiger partial charge in [0.25, 0.3) is 0 Å². The molecule has 1 rings (SSSR count). The third-order valence-corrected chi connectivity index (χ3v) is 1.93. The van der Waals surface area contributed by atoms with Crippen LogP contribution >= 0.6 is 0 Å². The van der Waals surface area contributed by atoms with Crippen molar-refractivity contribution in [2.45, 2.75) is 37.0 Å². The Morgan fingerprint density at radius 3 is 1.23 bits per heavy atom. The predicted octanol–water partition coefficient (Wildman–Crippen LogP) is -3.90. The van der Waals surface area contributed by atoms with Crippen LogP contribution in [0.5, 0.6) is 0 Å². The van der Waals surface area contributed by atoms with Crippen molar-refractivity contribution in [2.75, 3.05) is 0 Å². The molecule has 1 saturated heterocycles. The first-order valence-corrected chi connectivity index (χ1v) is 3.69. The number of hydrogen-bond donors (Lipinski definition) is 6. The van der Waals surface area contributed by atoms with Gasteiger partial charge in [0.2, 0.25) is 0 Å². The topological polar surface area (TPSA) is 131 Å². The molecule has 13 heavy (non-hydrogen) atoms. The summed E-state index contributed by atoms with van der Waals surface area (Å²) in [6.07, 6.45) is -9.91. The van der Waals surface area contributed by atoms with Gasteiger partial charge in [0.05, 0.1) is 0 Å². The fourth-order valence-corrected chi connectivity index (χ4v) is 1.22. The fraction of sp³-hybridized carbons (Fsp3) is 1.00. The highest BCUT2D eigenvalue weighted by Gasteiger charge is 2.48. The van der Waals surface area contributed by atoms with Crippen LogP contribution in [-0.2, 0) is 4.74 Å². The third-order valence-electron chi connectivity index (χ3n) is 1.93. The van der Waals surface area contributed by atoms with E-state index < -0.39 is 37.0 Å². The van der Waals surface area contributed by atoms with E-state index >= 15 is 0 Å². The molecule has 0 aromatic carbocycles. The Bertz CT molecular complexity index is 152. The van der Waals surface area contributed by atoms with Gasteiger partial charge in [-0.3, -0.25) is 0 Å². The van der Waals surface area contributed by atoms with Gasteiger partial charge in [-0.05, 0) is 0 Å². The lowest BCUT2D eigenvalue weighted by atomic mass is 10.1. The zero-order valence-electron chi connectivity index (χ0n) is 6.56. The van der Waals surface area contributed by atoms with E-state index in [0.717, 1.165) is 0 Å². The minimum Gasteiger partial charge on any atom is -0.387 e. The van der Waals surface area contributed by atoms with Gasteiger partial charge in [0.1, 0.15) is 24.4 Å². The molecule has 0 radical (unpaired) electrons. The molecule has 0 amide bonds. The maximum atomic E-state index is 9.13. The molecule has 4 atom stereocenters. The zero-order chi connectivity index (χ0) is 10.2. The quantitative estimate of drug-likeness (QED) is 0.249. The summed E-state index contributed by atoms with van der Waals surface area (Å²) in [5.41, 5.74) is 0. The summed E-state index contributed by atoms with van der Waals surface area (Å²) in [6, 6.07) is 0. The van der Waals surface area contributed by atoms with Crippen LogP contribution in [-0.4, -0.2) is 67.6 Å². The summed E-state index contributed by atoms with van der Waals surface area (Å²) < 4.78 is 4.61. The second-order valence-corrected chi connectivity index (χ2v) is 2.87. The molecule has 0 unspecified atom stereocenters. The molecule has 1 aliphatic rings. The van der Waals surface area contributed by atoms with Crippen LogP contribution in [0.15, 0.2) is 0 Å². The summed E-state index contributed by atoms with van der Waals surface area (Å²) >= 11 is 0. The molecule has 7 heteroatoms. The van der Waals surface area contributed by atoms with E-state index in [1.165, 1.54) is 0 Å². The van der Waals surface area contributed by atoms with Crippen molar-refractivity contribution in [1.82, 2.24) is 0 Å². The van der Waals surface area contributed by atoms with E-state index in [-0.39, 0.29) is 0 Å². The predicted molar refractivity (Wildman–Crippen MR) is 37.1 cm³/mol. The Kier molecular flexibility index (Phi) is 3.19. The summed E-state index contributed by atoms with van der Waals surface area (Å²) in [7, 11) is 0. The molecule has 1 heterocycles. The number of rotatable bonds is 2. The average Bonchev–Trinajstić information content (AvgIpc) is 2.29. The zero-order valence-corrected chi connectivity index (χ0v) is 6.56. The SMILES string of the molecule is OC(O)[C@H]1O[C@H](C(O)O)[C@@H](O)[C@@H]1O. The van der Waals surface area contributed by atoms with Crippen molar-refractivity contribution in [3.63, 3.8) is 0 Å². The molecule has 0 aromatic rings. The van der Waals surface area contributed by atoms with Crippen molar-refractivity contribution >= 4 is 0 Å². The van der Waals surface area contributed by atoms with Gasteiger partial charge in [0, 0.05) is 0 Å². The molecule has 1 fully saturated rings. The van der Waals surface area contributed by atoms with Crippen LogP contribution in [0.2, 0.25) is 0 Å². The van der Waals surface area contributed by atoms with Crippen molar-refractivity contribution in [3.05, 3.63) is 0 Å². The number of hydrogen-bond acceptors (Lipinski definition) is 7. The van der Waals surface area contributed by atoms with E-state index in [9.17, 15) is 0 Å². The average molecular weight is 196 g/mol. The monoisotopic (exact) mass is 196 g/mol. The third kappa shape index (κ3) is 1.97. The summed E-state index contributed by atoms with van der Waals surface area (Å²) in [5.74, 6) is 0. The van der Waals surface area contributed by atoms with Crippen molar-refractivity contribution in [1.29, 1.82) is 0 Å². The van der Waals surface area contributed by atoms with Crippen LogP contribution in [0.1, 0.15) is 0 Å². The lowest BCUT2D eigenvalue weighted by Crippen LogP contribution is -2.40. The van der Waals surface area contributed by atoms with Gasteiger partial charge in [0.15, 0.2) is 12.6 Å². The highest BCUT2D eigenvalue weighted by Crippen LogP contribution is 2.24. The maximum Gasteiger partial charge on any atom is 0.181 e. The highest BCUT2D eigenvalue weighted by molar-refractivity contribution is 4.92. The van der Waals surface area contributed by atoms with Crippen LogP contribution < -0.4 is 0 Å². The molecular weight excluding hydrogens is 184 g/mol. The molecule has 0 aliphatic carbocycles. The molecule has 1 aliphatic heterocycles. The van der Waals surface area contributed by atoms with Gasteiger partial charge in [-0.25, -0.2) is 0 Å². The lowest BCUT2D eigenvalue weighted by Gasteiger charge is -2.16. The lowest BCUT2D eigenvalue weighted by molar-refractivity contribution is -0.196. The van der Waals surface area contributed by atoms with Crippen LogP contribution in [0.4, 0.5) is 0 Å². The highest BCUT2D eigenvalue weighted by atomic mass is 16.6. The van der Waals surface area contributed by atoms with Crippen LogP contribution in [0.25, 0.3) is 0 Å². The minimum atomic E-state index is -1.98. The van der Waals surface area contributed by atoms with E-state index in [2.05, 4.69) is 4.74 Å². The van der Waals surface area contributed by atoms with Crippen LogP contribution in [0, 0.1) is 0 Å². The summed E-state index contributed by atoms with van der Waals surface area (Å²) in [4.78, 5) is 0. The Balaban J connectivity index is 2.66. The summed E-state index contributed by atoms with van der Waals surface area (Å²) in [5, 5.41) is 52.8. The van der Waals surface area contributed by atoms with E-state index in [4.69, 9.17) is 30.6 Å². The Labute approximate surface area is 73.4 Å². The second-order valence-electron chi connectivity index (χ2n) is 2.87. The van der Waals surface area contributed by atoms with Gasteiger partial charge in [-0.2, -0.15) is 0 Å². The maximum absolute atomic E-state index is 9.13. The van der Waals surface area contributed by atoms with Gasteiger partial charge in [-0.1, -0.05) is 0 Å². The number of aliphatic hydroxyl groups is 6. The molecule has 0 bridgehead atoms. The normalized spacial score (nSPS) is 40.6. The molecule has 7 nitrogen and oxygen atoms in total. The van der Waals surface area contributed by atoms with Crippen LogP contribution in [0.3, 0.4) is 0 Å². The number of ether oxygens (including phenoxy) is 1. The smallest absolute Gasteiger partial charge is 0.181 e. The molecule has 0 spiro atoms. The second kappa shape index (κ2) is 3.84. The standard InChI is InChI=1S/C6H12O7/c7-1-2(8)4(6(11)12)13-3(1)5(9)10/h1-12H/t1-,2-,3-,4-/m0/s1. The molecule has 0 saturated carbocycles. The molecule has 78 valence electrons. The number of aliphatic hydroxyl groups excluding tert-OH is 4. The molecular formula is C6H12O7. The minimum absolute atomic E-state index is 1.43. The Morgan fingerprint density at radius 2 is 1.08 bits per heavy atom.